The molecule has 3 fully saturated rings. The standard InChI is InChI=1S/C19H34N2O2/c1-2-21(15-16-4-8-18(9-5-16)10-11-18)13-12-20-17(22)14-19(23)6-3-7-19/h16,23H,2-15H2,1H3,(H,20,22). The van der Waals surface area contributed by atoms with E-state index in [9.17, 15) is 9.90 Å². The highest BCUT2D eigenvalue weighted by atomic mass is 16.3. The topological polar surface area (TPSA) is 52.6 Å². The van der Waals surface area contributed by atoms with Gasteiger partial charge in [-0.2, -0.15) is 0 Å². The Morgan fingerprint density at radius 3 is 2.39 bits per heavy atom. The van der Waals surface area contributed by atoms with E-state index in [4.69, 9.17) is 0 Å². The fourth-order valence-corrected chi connectivity index (χ4v) is 4.37. The molecular weight excluding hydrogens is 288 g/mol. The number of aliphatic hydroxyl groups is 1. The van der Waals surface area contributed by atoms with E-state index in [2.05, 4.69) is 17.1 Å². The van der Waals surface area contributed by atoms with E-state index in [1.54, 1.807) is 0 Å². The average Bonchev–Trinajstić information content (AvgIpc) is 3.26. The number of rotatable bonds is 8. The third kappa shape index (κ3) is 4.69. The first-order valence-corrected chi connectivity index (χ1v) is 9.74. The van der Waals surface area contributed by atoms with Crippen molar-refractivity contribution in [3.63, 3.8) is 0 Å². The molecule has 4 heteroatoms. The normalized spacial score (nSPS) is 25.3. The van der Waals surface area contributed by atoms with Crippen LogP contribution in [0.4, 0.5) is 0 Å². The molecule has 0 atom stereocenters. The van der Waals surface area contributed by atoms with E-state index in [-0.39, 0.29) is 12.3 Å². The number of hydrogen-bond acceptors (Lipinski definition) is 3. The van der Waals surface area contributed by atoms with E-state index in [0.29, 0.717) is 6.54 Å². The molecule has 0 aliphatic heterocycles. The van der Waals surface area contributed by atoms with Crippen molar-refractivity contribution in [2.24, 2.45) is 11.3 Å². The Hall–Kier alpha value is -0.610. The van der Waals surface area contributed by atoms with Gasteiger partial charge in [-0.05, 0) is 75.7 Å². The maximum atomic E-state index is 11.9. The third-order valence-electron chi connectivity index (χ3n) is 6.61. The Balaban J connectivity index is 1.30. The van der Waals surface area contributed by atoms with Crippen molar-refractivity contribution in [3.8, 4) is 0 Å². The summed E-state index contributed by atoms with van der Waals surface area (Å²) >= 11 is 0. The summed E-state index contributed by atoms with van der Waals surface area (Å²) in [6.07, 6.45) is 11.6. The fraction of sp³-hybridized carbons (Fsp3) is 0.947. The van der Waals surface area contributed by atoms with Crippen LogP contribution in [0.15, 0.2) is 0 Å². The van der Waals surface area contributed by atoms with Gasteiger partial charge >= 0.3 is 0 Å². The van der Waals surface area contributed by atoms with E-state index < -0.39 is 5.60 Å². The number of amides is 1. The molecule has 0 aromatic rings. The van der Waals surface area contributed by atoms with E-state index in [0.717, 1.165) is 43.7 Å². The van der Waals surface area contributed by atoms with Gasteiger partial charge in [0.05, 0.1) is 12.0 Å². The summed E-state index contributed by atoms with van der Waals surface area (Å²) in [6, 6.07) is 0. The van der Waals surface area contributed by atoms with Crippen LogP contribution < -0.4 is 5.32 Å². The Morgan fingerprint density at radius 1 is 1.17 bits per heavy atom. The first-order valence-electron chi connectivity index (χ1n) is 9.74. The average molecular weight is 322 g/mol. The number of hydrogen-bond donors (Lipinski definition) is 2. The predicted molar refractivity (Wildman–Crippen MR) is 92.2 cm³/mol. The molecule has 3 saturated carbocycles. The summed E-state index contributed by atoms with van der Waals surface area (Å²) in [5, 5.41) is 13.0. The smallest absolute Gasteiger partial charge is 0.222 e. The van der Waals surface area contributed by atoms with E-state index in [1.165, 1.54) is 45.1 Å². The molecule has 132 valence electrons. The van der Waals surface area contributed by atoms with Gasteiger partial charge in [-0.3, -0.25) is 4.79 Å². The minimum Gasteiger partial charge on any atom is -0.389 e. The van der Waals surface area contributed by atoms with Gasteiger partial charge in [-0.15, -0.1) is 0 Å². The Bertz CT molecular complexity index is 406. The highest BCUT2D eigenvalue weighted by Crippen LogP contribution is 2.57. The van der Waals surface area contributed by atoms with Crippen LogP contribution >= 0.6 is 0 Å². The fourth-order valence-electron chi connectivity index (χ4n) is 4.37. The molecule has 0 aromatic carbocycles. The zero-order valence-corrected chi connectivity index (χ0v) is 14.8. The number of carbonyl (C=O) groups is 1. The quantitative estimate of drug-likeness (QED) is 0.722. The van der Waals surface area contributed by atoms with Crippen LogP contribution in [0.2, 0.25) is 0 Å². The Morgan fingerprint density at radius 2 is 1.87 bits per heavy atom. The first kappa shape index (κ1) is 17.2. The molecule has 1 amide bonds. The molecule has 3 rings (SSSR count). The second-order valence-corrected chi connectivity index (χ2v) is 8.44. The maximum absolute atomic E-state index is 11.9. The van der Waals surface area contributed by atoms with E-state index >= 15 is 0 Å². The van der Waals surface area contributed by atoms with Crippen molar-refractivity contribution < 1.29 is 9.90 Å². The molecule has 0 saturated heterocycles. The van der Waals surface area contributed by atoms with E-state index in [1.807, 2.05) is 0 Å². The molecule has 0 bridgehead atoms. The van der Waals surface area contributed by atoms with Crippen LogP contribution in [0, 0.1) is 11.3 Å². The molecule has 2 N–H and O–H groups in total. The lowest BCUT2D eigenvalue weighted by Crippen LogP contribution is -2.44. The third-order valence-corrected chi connectivity index (χ3v) is 6.61. The van der Waals surface area contributed by atoms with Gasteiger partial charge in [-0.1, -0.05) is 6.92 Å². The van der Waals surface area contributed by atoms with Crippen LogP contribution in [-0.2, 0) is 4.79 Å². The van der Waals surface area contributed by atoms with Crippen LogP contribution in [-0.4, -0.2) is 47.7 Å². The van der Waals surface area contributed by atoms with Crippen LogP contribution in [0.1, 0.15) is 71.1 Å². The molecule has 3 aliphatic carbocycles. The van der Waals surface area contributed by atoms with Crippen molar-refractivity contribution in [2.75, 3.05) is 26.2 Å². The highest BCUT2D eigenvalue weighted by Gasteiger charge is 2.44. The van der Waals surface area contributed by atoms with Crippen molar-refractivity contribution in [1.82, 2.24) is 10.2 Å². The summed E-state index contributed by atoms with van der Waals surface area (Å²) in [6.45, 7) is 6.10. The predicted octanol–water partition coefficient (Wildman–Crippen LogP) is 2.70. The number of nitrogens with one attached hydrogen (secondary N) is 1. The Labute approximate surface area is 141 Å². The van der Waals surface area contributed by atoms with Crippen molar-refractivity contribution in [2.45, 2.75) is 76.7 Å². The molecule has 0 aromatic heterocycles. The summed E-state index contributed by atoms with van der Waals surface area (Å²) in [5.41, 5.74) is 0.0820. The van der Waals surface area contributed by atoms with Gasteiger partial charge in [0.25, 0.3) is 0 Å². The van der Waals surface area contributed by atoms with Gasteiger partial charge < -0.3 is 15.3 Å². The Kier molecular flexibility index (Phi) is 5.32. The number of carbonyl (C=O) groups excluding carboxylic acids is 1. The lowest BCUT2D eigenvalue weighted by molar-refractivity contribution is -0.130. The number of likely N-dealkylation sites (N-methyl/N-ethyl adjacent to an activating group) is 1. The zero-order valence-electron chi connectivity index (χ0n) is 14.8. The summed E-state index contributed by atoms with van der Waals surface area (Å²) in [4.78, 5) is 14.4. The van der Waals surface area contributed by atoms with Gasteiger partial charge in [0, 0.05) is 19.6 Å². The lowest BCUT2D eigenvalue weighted by Gasteiger charge is -2.36. The highest BCUT2D eigenvalue weighted by molar-refractivity contribution is 5.77. The monoisotopic (exact) mass is 322 g/mol. The second-order valence-electron chi connectivity index (χ2n) is 8.44. The summed E-state index contributed by atoms with van der Waals surface area (Å²) < 4.78 is 0. The van der Waals surface area contributed by atoms with Crippen LogP contribution in [0.5, 0.6) is 0 Å². The molecule has 0 unspecified atom stereocenters. The number of nitrogens with zero attached hydrogens (tertiary/aromatic N) is 1. The van der Waals surface area contributed by atoms with Crippen LogP contribution in [0.25, 0.3) is 0 Å². The minimum absolute atomic E-state index is 0.0107. The van der Waals surface area contributed by atoms with Gasteiger partial charge in [0.2, 0.25) is 5.91 Å². The summed E-state index contributed by atoms with van der Waals surface area (Å²) in [7, 11) is 0. The molecule has 1 spiro atoms. The van der Waals surface area contributed by atoms with Crippen molar-refractivity contribution in [3.05, 3.63) is 0 Å². The van der Waals surface area contributed by atoms with Gasteiger partial charge in [0.15, 0.2) is 0 Å². The maximum Gasteiger partial charge on any atom is 0.222 e. The lowest BCUT2D eigenvalue weighted by atomic mass is 9.78. The molecule has 0 radical (unpaired) electrons. The molecule has 0 heterocycles. The zero-order chi connectivity index (χ0) is 16.3. The van der Waals surface area contributed by atoms with Crippen LogP contribution in [0.3, 0.4) is 0 Å². The van der Waals surface area contributed by atoms with Crippen molar-refractivity contribution in [1.29, 1.82) is 0 Å². The SMILES string of the molecule is CCN(CCNC(=O)CC1(O)CCC1)CC1CCC2(CC1)CC2. The molecule has 4 nitrogen and oxygen atoms in total. The molecule has 3 aliphatic rings. The van der Waals surface area contributed by atoms with Gasteiger partial charge in [0.1, 0.15) is 0 Å². The molecular formula is C19H34N2O2. The minimum atomic E-state index is -0.699. The van der Waals surface area contributed by atoms with Crippen molar-refractivity contribution >= 4 is 5.91 Å². The second kappa shape index (κ2) is 7.10. The first-order chi connectivity index (χ1) is 11.0. The summed E-state index contributed by atoms with van der Waals surface area (Å²) in [5.74, 6) is 0.865. The van der Waals surface area contributed by atoms with Gasteiger partial charge in [-0.25, -0.2) is 0 Å². The molecule has 23 heavy (non-hydrogen) atoms. The largest absolute Gasteiger partial charge is 0.389 e.